The van der Waals surface area contributed by atoms with Gasteiger partial charge in [0, 0.05) is 23.6 Å². The van der Waals surface area contributed by atoms with Gasteiger partial charge in [0.05, 0.1) is 12.5 Å². The first kappa shape index (κ1) is 23.3. The van der Waals surface area contributed by atoms with Crippen LogP contribution >= 0.6 is 0 Å². The molecule has 162 valence electrons. The first-order chi connectivity index (χ1) is 14.2. The van der Waals surface area contributed by atoms with Crippen LogP contribution < -0.4 is 0 Å². The minimum absolute atomic E-state index is 0.0208. The highest BCUT2D eigenvalue weighted by molar-refractivity contribution is 5.92. The monoisotopic (exact) mass is 418 g/mol. The molecule has 30 heavy (non-hydrogen) atoms. The summed E-state index contributed by atoms with van der Waals surface area (Å²) >= 11 is 0. The first-order valence-electron chi connectivity index (χ1n) is 9.60. The second kappa shape index (κ2) is 10.2. The molecule has 1 heterocycles. The average molecular weight is 418 g/mol. The van der Waals surface area contributed by atoms with E-state index in [0.717, 1.165) is 0 Å². The van der Waals surface area contributed by atoms with Gasteiger partial charge in [0.1, 0.15) is 12.4 Å². The zero-order chi connectivity index (χ0) is 22.4. The fraction of sp³-hybridized carbons (Fsp3) is 0.455. The quantitative estimate of drug-likeness (QED) is 0.236. The molecule has 1 fully saturated rings. The Morgan fingerprint density at radius 1 is 1.33 bits per heavy atom. The predicted molar refractivity (Wildman–Crippen MR) is 106 cm³/mol. The van der Waals surface area contributed by atoms with Crippen molar-refractivity contribution < 1.29 is 38.5 Å². The third-order valence-corrected chi connectivity index (χ3v) is 5.12. The summed E-state index contributed by atoms with van der Waals surface area (Å²) < 4.78 is 16.4. The minimum Gasteiger partial charge on any atom is -0.454 e. The summed E-state index contributed by atoms with van der Waals surface area (Å²) in [6.45, 7) is 7.87. The van der Waals surface area contributed by atoms with E-state index in [4.69, 9.17) is 14.2 Å². The molecule has 0 bridgehead atoms. The highest BCUT2D eigenvalue weighted by atomic mass is 16.6. The Morgan fingerprint density at radius 2 is 2.03 bits per heavy atom. The molecule has 1 aliphatic heterocycles. The maximum atomic E-state index is 12.6. The van der Waals surface area contributed by atoms with Gasteiger partial charge in [-0.2, -0.15) is 0 Å². The molecule has 2 rings (SSSR count). The fourth-order valence-corrected chi connectivity index (χ4v) is 3.39. The van der Waals surface area contributed by atoms with E-state index in [9.17, 15) is 24.3 Å². The zero-order valence-corrected chi connectivity index (χ0v) is 17.3. The molecule has 1 saturated heterocycles. The van der Waals surface area contributed by atoms with Gasteiger partial charge in [-0.3, -0.25) is 9.59 Å². The normalized spacial score (nSPS) is 30.7. The highest BCUT2D eigenvalue weighted by Gasteiger charge is 2.49. The molecule has 1 aliphatic carbocycles. The van der Waals surface area contributed by atoms with Crippen molar-refractivity contribution in [1.82, 2.24) is 0 Å². The van der Waals surface area contributed by atoms with Gasteiger partial charge in [-0.15, -0.1) is 0 Å². The molecule has 8 nitrogen and oxygen atoms in total. The van der Waals surface area contributed by atoms with Crippen molar-refractivity contribution in [3.63, 3.8) is 0 Å². The van der Waals surface area contributed by atoms with Crippen LogP contribution in [0.1, 0.15) is 33.6 Å². The summed E-state index contributed by atoms with van der Waals surface area (Å²) in [6, 6.07) is 0. The molecule has 0 aromatic rings. The van der Waals surface area contributed by atoms with Gasteiger partial charge in [-0.1, -0.05) is 18.7 Å². The van der Waals surface area contributed by atoms with Crippen molar-refractivity contribution in [2.45, 2.75) is 51.9 Å². The number of carbonyl (C=O) groups is 4. The Morgan fingerprint density at radius 3 is 2.60 bits per heavy atom. The van der Waals surface area contributed by atoms with Crippen LogP contribution in [0.5, 0.6) is 0 Å². The smallest absolute Gasteiger partial charge is 0.334 e. The number of hydrogen-bond acceptors (Lipinski definition) is 8. The second-order valence-corrected chi connectivity index (χ2v) is 7.14. The first-order valence-corrected chi connectivity index (χ1v) is 9.60. The lowest BCUT2D eigenvalue weighted by molar-refractivity contribution is -0.166. The van der Waals surface area contributed by atoms with E-state index >= 15 is 0 Å². The molecule has 0 aromatic heterocycles. The van der Waals surface area contributed by atoms with Crippen molar-refractivity contribution in [1.29, 1.82) is 0 Å². The molecule has 8 heteroatoms. The van der Waals surface area contributed by atoms with Gasteiger partial charge in [0.25, 0.3) is 0 Å². The van der Waals surface area contributed by atoms with Crippen LogP contribution in [0, 0.1) is 5.92 Å². The number of aliphatic hydroxyl groups excluding tert-OH is 1. The maximum Gasteiger partial charge on any atom is 0.334 e. The summed E-state index contributed by atoms with van der Waals surface area (Å²) in [6.07, 6.45) is 2.59. The average Bonchev–Trinajstić information content (AvgIpc) is 2.99. The van der Waals surface area contributed by atoms with Gasteiger partial charge in [0.15, 0.2) is 12.2 Å². The molecule has 0 amide bonds. The Hall–Kier alpha value is -3.00. The van der Waals surface area contributed by atoms with Crippen molar-refractivity contribution in [3.8, 4) is 0 Å². The lowest BCUT2D eigenvalue weighted by Gasteiger charge is -2.33. The number of ether oxygens (including phenoxy) is 3. The van der Waals surface area contributed by atoms with E-state index in [2.05, 4.69) is 6.58 Å². The number of rotatable bonds is 5. The summed E-state index contributed by atoms with van der Waals surface area (Å²) in [5.41, 5.74) is 0.998. The van der Waals surface area contributed by atoms with Crippen LogP contribution in [0.3, 0.4) is 0 Å². The summed E-state index contributed by atoms with van der Waals surface area (Å²) in [7, 11) is 0. The van der Waals surface area contributed by atoms with Crippen LogP contribution in [0.25, 0.3) is 0 Å². The highest BCUT2D eigenvalue weighted by Crippen LogP contribution is 2.37. The van der Waals surface area contributed by atoms with E-state index < -0.39 is 42.1 Å². The number of allylic oxidation sites excluding steroid dienone is 2. The summed E-state index contributed by atoms with van der Waals surface area (Å²) in [4.78, 5) is 48.5. The largest absolute Gasteiger partial charge is 0.454 e. The van der Waals surface area contributed by atoms with E-state index in [0.29, 0.717) is 30.3 Å². The van der Waals surface area contributed by atoms with Crippen LogP contribution in [0.4, 0.5) is 0 Å². The van der Waals surface area contributed by atoms with Gasteiger partial charge in [-0.25, -0.2) is 9.59 Å². The van der Waals surface area contributed by atoms with Crippen molar-refractivity contribution in [3.05, 3.63) is 47.1 Å². The van der Waals surface area contributed by atoms with Gasteiger partial charge in [0.2, 0.25) is 0 Å². The number of fused-ring (bicyclic) bond motifs is 1. The third-order valence-electron chi connectivity index (χ3n) is 5.12. The minimum atomic E-state index is -1.25. The summed E-state index contributed by atoms with van der Waals surface area (Å²) in [5.74, 6) is -3.00. The molecule has 0 unspecified atom stereocenters. The Kier molecular flexibility index (Phi) is 7.88. The zero-order valence-electron chi connectivity index (χ0n) is 17.3. The van der Waals surface area contributed by atoms with Crippen molar-refractivity contribution >= 4 is 24.2 Å². The standard InChI is InChI=1S/C22H26O8/c1-5-12(2)21(26)30-20-18-13(3)22(27)29-17(18)9-15(10-23)7-6-8-16(11-24)19(20)28-14(4)25/h5,8-9,11,17-20,23H,3,6-7,10H2,1-2,4H3/b12-5-,15-9-,16-8+/t17-,18+,19+,20+/m1/s1. The molecule has 0 radical (unpaired) electrons. The Bertz CT molecular complexity index is 832. The number of esters is 3. The van der Waals surface area contributed by atoms with Gasteiger partial charge >= 0.3 is 17.9 Å². The number of carbonyl (C=O) groups excluding carboxylic acids is 4. The van der Waals surface area contributed by atoms with Crippen LogP contribution in [-0.4, -0.2) is 54.2 Å². The lowest BCUT2D eigenvalue weighted by Crippen LogP contribution is -2.45. The van der Waals surface area contributed by atoms with Crippen LogP contribution in [0.15, 0.2) is 47.1 Å². The molecule has 0 spiro atoms. The number of hydrogen-bond donors (Lipinski definition) is 1. The predicted octanol–water partition coefficient (Wildman–Crippen LogP) is 1.73. The lowest BCUT2D eigenvalue weighted by atomic mass is 9.83. The van der Waals surface area contributed by atoms with Gasteiger partial charge < -0.3 is 19.3 Å². The molecule has 0 saturated carbocycles. The maximum absolute atomic E-state index is 12.6. The molecular weight excluding hydrogens is 392 g/mol. The molecule has 0 aromatic carbocycles. The van der Waals surface area contributed by atoms with E-state index in [1.165, 1.54) is 6.92 Å². The molecule has 2 aliphatic rings. The third kappa shape index (κ3) is 5.13. The Balaban J connectivity index is 2.66. The van der Waals surface area contributed by atoms with Crippen LogP contribution in [-0.2, 0) is 33.4 Å². The van der Waals surface area contributed by atoms with E-state index in [1.807, 2.05) is 0 Å². The number of aldehydes is 1. The van der Waals surface area contributed by atoms with Gasteiger partial charge in [-0.05, 0) is 38.3 Å². The topological polar surface area (TPSA) is 116 Å². The van der Waals surface area contributed by atoms with E-state index in [1.54, 1.807) is 32.1 Å². The van der Waals surface area contributed by atoms with E-state index in [-0.39, 0.29) is 17.8 Å². The molecule has 4 atom stereocenters. The summed E-state index contributed by atoms with van der Waals surface area (Å²) in [5, 5.41) is 9.65. The van der Waals surface area contributed by atoms with Crippen LogP contribution in [0.2, 0.25) is 0 Å². The van der Waals surface area contributed by atoms with Crippen molar-refractivity contribution in [2.24, 2.45) is 5.92 Å². The fourth-order valence-electron chi connectivity index (χ4n) is 3.39. The van der Waals surface area contributed by atoms with Crippen molar-refractivity contribution in [2.75, 3.05) is 6.61 Å². The SMILES string of the molecule is C=C1C(=O)O[C@@H]2/C=C(\CO)CC/C=C(\C=O)[C@H](OC(C)=O)[C@@H](OC(=O)/C(C)=C\C)[C@@H]12. The Labute approximate surface area is 174 Å². The molecule has 1 N–H and O–H groups in total. The molecular formula is C22H26O8. The number of aliphatic hydroxyl groups is 1. The second-order valence-electron chi connectivity index (χ2n) is 7.14.